The van der Waals surface area contributed by atoms with Gasteiger partial charge in [-0.25, -0.2) is 0 Å². The molecule has 1 aromatic carbocycles. The largest absolute Gasteiger partial charge is 0.309 e. The van der Waals surface area contributed by atoms with E-state index in [4.69, 9.17) is 10.5 Å². The van der Waals surface area contributed by atoms with Gasteiger partial charge in [0, 0.05) is 6.54 Å². The molecule has 0 saturated heterocycles. The fourth-order valence-corrected chi connectivity index (χ4v) is 1.29. The second kappa shape index (κ2) is 7.05. The molecule has 18 heavy (non-hydrogen) atoms. The summed E-state index contributed by atoms with van der Waals surface area (Å²) in [7, 11) is 4.08. The van der Waals surface area contributed by atoms with Crippen LogP contribution in [0.15, 0.2) is 29.4 Å². The first-order chi connectivity index (χ1) is 8.65. The van der Waals surface area contributed by atoms with Gasteiger partial charge in [-0.2, -0.15) is 15.6 Å². The Morgan fingerprint density at radius 3 is 2.33 bits per heavy atom. The van der Waals surface area contributed by atoms with Gasteiger partial charge in [0.15, 0.2) is 0 Å². The van der Waals surface area contributed by atoms with Crippen molar-refractivity contribution in [3.05, 3.63) is 29.8 Å². The van der Waals surface area contributed by atoms with Crippen LogP contribution in [0.4, 0.5) is 5.69 Å². The van der Waals surface area contributed by atoms with E-state index < -0.39 is 0 Å². The van der Waals surface area contributed by atoms with E-state index in [0.29, 0.717) is 0 Å². The first kappa shape index (κ1) is 13.7. The van der Waals surface area contributed by atoms with Gasteiger partial charge >= 0.3 is 0 Å². The van der Waals surface area contributed by atoms with Crippen molar-refractivity contribution in [3.8, 4) is 12.1 Å². The summed E-state index contributed by atoms with van der Waals surface area (Å²) in [6.45, 7) is 0.998. The highest BCUT2D eigenvalue weighted by atomic mass is 15.3. The number of hydrogen-bond donors (Lipinski definition) is 1. The number of nitrogens with zero attached hydrogens (tertiary/aromatic N) is 4. The van der Waals surface area contributed by atoms with Crippen molar-refractivity contribution in [3.63, 3.8) is 0 Å². The van der Waals surface area contributed by atoms with Crippen LogP contribution in [0.5, 0.6) is 0 Å². The average molecular weight is 241 g/mol. The fourth-order valence-electron chi connectivity index (χ4n) is 1.29. The quantitative estimate of drug-likeness (QED) is 0.627. The summed E-state index contributed by atoms with van der Waals surface area (Å²) in [6, 6.07) is 11.1. The number of hydrazone groups is 1. The molecule has 1 rings (SSSR count). The van der Waals surface area contributed by atoms with Gasteiger partial charge in [-0.3, -0.25) is 5.43 Å². The van der Waals surface area contributed by atoms with Crippen LogP contribution in [0.3, 0.4) is 0 Å². The van der Waals surface area contributed by atoms with E-state index in [9.17, 15) is 0 Å². The minimum Gasteiger partial charge on any atom is -0.309 e. The maximum atomic E-state index is 8.52. The van der Waals surface area contributed by atoms with Gasteiger partial charge in [0.1, 0.15) is 12.1 Å². The molecule has 0 bridgehead atoms. The van der Waals surface area contributed by atoms with Crippen LogP contribution in [-0.2, 0) is 6.42 Å². The van der Waals surface area contributed by atoms with Crippen molar-refractivity contribution >= 4 is 11.4 Å². The first-order valence-electron chi connectivity index (χ1n) is 5.53. The van der Waals surface area contributed by atoms with Gasteiger partial charge in [-0.15, -0.1) is 0 Å². The zero-order chi connectivity index (χ0) is 13.4. The number of anilines is 1. The fraction of sp³-hybridized carbons (Fsp3) is 0.308. The maximum Gasteiger partial charge on any atom is 0.237 e. The molecule has 0 fully saturated rings. The smallest absolute Gasteiger partial charge is 0.237 e. The number of nitrogens with one attached hydrogen (secondary N) is 1. The monoisotopic (exact) mass is 241 g/mol. The predicted octanol–water partition coefficient (Wildman–Crippen LogP) is 1.61. The highest BCUT2D eigenvalue weighted by molar-refractivity contribution is 6.10. The molecule has 0 aromatic heterocycles. The van der Waals surface area contributed by atoms with Crippen LogP contribution in [-0.4, -0.2) is 31.3 Å². The van der Waals surface area contributed by atoms with Gasteiger partial charge in [-0.05, 0) is 38.2 Å². The molecule has 0 atom stereocenters. The zero-order valence-electron chi connectivity index (χ0n) is 10.5. The normalized spacial score (nSPS) is 9.39. The lowest BCUT2D eigenvalue weighted by molar-refractivity contribution is 0.413. The summed E-state index contributed by atoms with van der Waals surface area (Å²) in [6.07, 6.45) is 0.984. The summed E-state index contributed by atoms with van der Waals surface area (Å²) in [5.74, 6) is 0. The molecule has 0 aliphatic carbocycles. The molecule has 0 heterocycles. The van der Waals surface area contributed by atoms with Gasteiger partial charge < -0.3 is 4.90 Å². The third-order valence-electron chi connectivity index (χ3n) is 2.31. The summed E-state index contributed by atoms with van der Waals surface area (Å²) in [5.41, 5.74) is 4.47. The van der Waals surface area contributed by atoms with E-state index in [1.165, 1.54) is 5.56 Å². The molecule has 0 spiro atoms. The number of rotatable bonds is 5. The zero-order valence-corrected chi connectivity index (χ0v) is 10.5. The Kier molecular flexibility index (Phi) is 5.37. The average Bonchev–Trinajstić information content (AvgIpc) is 2.39. The number of hydrogen-bond acceptors (Lipinski definition) is 5. The Labute approximate surface area is 107 Å². The van der Waals surface area contributed by atoms with Crippen LogP contribution in [0.1, 0.15) is 5.56 Å². The van der Waals surface area contributed by atoms with E-state index in [2.05, 4.69) is 15.4 Å². The summed E-state index contributed by atoms with van der Waals surface area (Å²) in [4.78, 5) is 2.13. The van der Waals surface area contributed by atoms with Crippen LogP contribution < -0.4 is 5.43 Å². The van der Waals surface area contributed by atoms with Crippen molar-refractivity contribution in [1.29, 1.82) is 10.5 Å². The Balaban J connectivity index is 2.59. The lowest BCUT2D eigenvalue weighted by Crippen LogP contribution is -2.14. The molecule has 0 unspecified atom stereocenters. The topological polar surface area (TPSA) is 75.2 Å². The van der Waals surface area contributed by atoms with Crippen LogP contribution in [0.25, 0.3) is 0 Å². The molecular weight excluding hydrogens is 226 g/mol. The van der Waals surface area contributed by atoms with Gasteiger partial charge in [0.05, 0.1) is 5.69 Å². The van der Waals surface area contributed by atoms with E-state index in [-0.39, 0.29) is 5.71 Å². The summed E-state index contributed by atoms with van der Waals surface area (Å²) in [5, 5.41) is 20.7. The van der Waals surface area contributed by atoms with Crippen molar-refractivity contribution in [2.24, 2.45) is 5.10 Å². The van der Waals surface area contributed by atoms with Crippen molar-refractivity contribution in [2.45, 2.75) is 6.42 Å². The molecule has 1 aromatic rings. The molecule has 92 valence electrons. The summed E-state index contributed by atoms with van der Waals surface area (Å²) >= 11 is 0. The van der Waals surface area contributed by atoms with Gasteiger partial charge in [0.2, 0.25) is 5.71 Å². The molecule has 1 N–H and O–H groups in total. The first-order valence-corrected chi connectivity index (χ1v) is 5.53. The molecule has 5 nitrogen and oxygen atoms in total. The summed E-state index contributed by atoms with van der Waals surface area (Å²) < 4.78 is 0. The van der Waals surface area contributed by atoms with E-state index >= 15 is 0 Å². The molecule has 5 heteroatoms. The van der Waals surface area contributed by atoms with Crippen molar-refractivity contribution < 1.29 is 0 Å². The van der Waals surface area contributed by atoms with Gasteiger partial charge in [-0.1, -0.05) is 12.1 Å². The SMILES string of the molecule is CN(C)CCc1ccc(NN=C(C#N)C#N)cc1. The van der Waals surface area contributed by atoms with Crippen LogP contribution >= 0.6 is 0 Å². The van der Waals surface area contributed by atoms with Crippen LogP contribution in [0.2, 0.25) is 0 Å². The predicted molar refractivity (Wildman–Crippen MR) is 71.0 cm³/mol. The third kappa shape index (κ3) is 4.65. The molecular formula is C13H15N5. The van der Waals surface area contributed by atoms with Crippen molar-refractivity contribution in [2.75, 3.05) is 26.1 Å². The molecule has 0 amide bonds. The number of likely N-dealkylation sites (N-methyl/N-ethyl adjacent to an activating group) is 1. The Bertz CT molecular complexity index is 472. The minimum absolute atomic E-state index is 0.188. The van der Waals surface area contributed by atoms with Crippen LogP contribution in [0, 0.1) is 22.7 Å². The Morgan fingerprint density at radius 2 is 1.83 bits per heavy atom. The van der Waals surface area contributed by atoms with Gasteiger partial charge in [0.25, 0.3) is 0 Å². The molecule has 0 radical (unpaired) electrons. The maximum absolute atomic E-state index is 8.52. The third-order valence-corrected chi connectivity index (χ3v) is 2.31. The minimum atomic E-state index is -0.188. The van der Waals surface area contributed by atoms with E-state index in [0.717, 1.165) is 18.7 Å². The standard InChI is InChI=1S/C13H15N5/c1-18(2)8-7-11-3-5-12(6-4-11)16-17-13(9-14)10-15/h3-6,16H,7-8H2,1-2H3. The number of nitriles is 2. The Hall–Kier alpha value is -2.37. The number of benzene rings is 1. The van der Waals surface area contributed by atoms with E-state index in [1.54, 1.807) is 12.1 Å². The van der Waals surface area contributed by atoms with E-state index in [1.807, 2.05) is 38.4 Å². The molecule has 0 aliphatic rings. The highest BCUT2D eigenvalue weighted by Crippen LogP contribution is 2.10. The molecule has 0 saturated carbocycles. The Morgan fingerprint density at radius 1 is 1.22 bits per heavy atom. The van der Waals surface area contributed by atoms with Crippen molar-refractivity contribution in [1.82, 2.24) is 4.90 Å². The molecule has 0 aliphatic heterocycles. The lowest BCUT2D eigenvalue weighted by Gasteiger charge is -2.09. The highest BCUT2D eigenvalue weighted by Gasteiger charge is 1.97. The second-order valence-electron chi connectivity index (χ2n) is 4.05. The lowest BCUT2D eigenvalue weighted by atomic mass is 10.1. The second-order valence-corrected chi connectivity index (χ2v) is 4.05.